The molecular formula is C7H9ClO4S. The minimum absolute atomic E-state index is 0.133. The molecule has 0 aliphatic rings. The smallest absolute Gasteiger partial charge is 0.261 e. The van der Waals surface area contributed by atoms with Crippen molar-refractivity contribution in [2.75, 3.05) is 6.26 Å². The van der Waals surface area contributed by atoms with Crippen LogP contribution in [0.25, 0.3) is 0 Å². The minimum atomic E-state index is -3.67. The Hall–Kier alpha value is -0.780. The van der Waals surface area contributed by atoms with Gasteiger partial charge in [-0.15, -0.1) is 0 Å². The Labute approximate surface area is 81.5 Å². The molecule has 13 heavy (non-hydrogen) atoms. The summed E-state index contributed by atoms with van der Waals surface area (Å²) in [5.74, 6) is 0.133. The van der Waals surface area contributed by atoms with E-state index in [9.17, 15) is 8.42 Å². The zero-order valence-corrected chi connectivity index (χ0v) is 8.38. The van der Waals surface area contributed by atoms with Crippen molar-refractivity contribution in [1.29, 1.82) is 0 Å². The van der Waals surface area contributed by atoms with E-state index in [0.717, 1.165) is 0 Å². The Morgan fingerprint density at radius 2 is 1.69 bits per heavy atom. The molecule has 0 bridgehead atoms. The van der Waals surface area contributed by atoms with Gasteiger partial charge in [-0.3, -0.25) is 4.55 Å². The average Bonchev–Trinajstić information content (AvgIpc) is 1.92. The van der Waals surface area contributed by atoms with Crippen molar-refractivity contribution in [2.45, 2.75) is 0 Å². The van der Waals surface area contributed by atoms with Gasteiger partial charge in [0.05, 0.1) is 11.3 Å². The molecule has 0 aliphatic carbocycles. The predicted molar refractivity (Wildman–Crippen MR) is 50.6 cm³/mol. The van der Waals surface area contributed by atoms with Crippen molar-refractivity contribution in [3.05, 3.63) is 29.3 Å². The van der Waals surface area contributed by atoms with Gasteiger partial charge >= 0.3 is 0 Å². The molecule has 0 saturated heterocycles. The highest BCUT2D eigenvalue weighted by atomic mass is 35.5. The van der Waals surface area contributed by atoms with Crippen molar-refractivity contribution < 1.29 is 18.1 Å². The summed E-state index contributed by atoms with van der Waals surface area (Å²) < 4.78 is 25.9. The normalized spacial score (nSPS) is 10.1. The van der Waals surface area contributed by atoms with Crippen LogP contribution in [0.5, 0.6) is 5.75 Å². The molecule has 0 fully saturated rings. The molecule has 6 heteroatoms. The summed E-state index contributed by atoms with van der Waals surface area (Å²) in [6, 6.07) is 6.67. The van der Waals surface area contributed by atoms with E-state index >= 15 is 0 Å². The average molecular weight is 225 g/mol. The summed E-state index contributed by atoms with van der Waals surface area (Å²) in [6.45, 7) is 0. The number of hydrogen-bond acceptors (Lipinski definition) is 3. The lowest BCUT2D eigenvalue weighted by Gasteiger charge is -1.89. The van der Waals surface area contributed by atoms with Gasteiger partial charge in [0, 0.05) is 0 Å². The SMILES string of the molecule is CS(=O)(=O)O.Oc1ccccc1Cl. The number of phenols is 1. The van der Waals surface area contributed by atoms with Gasteiger partial charge in [0.15, 0.2) is 0 Å². The molecule has 1 rings (SSSR count). The van der Waals surface area contributed by atoms with Gasteiger partial charge < -0.3 is 5.11 Å². The van der Waals surface area contributed by atoms with Crippen molar-refractivity contribution in [3.63, 3.8) is 0 Å². The Bertz CT molecular complexity index is 332. The Morgan fingerprint density at radius 1 is 1.31 bits per heavy atom. The summed E-state index contributed by atoms with van der Waals surface area (Å²) in [4.78, 5) is 0. The Morgan fingerprint density at radius 3 is 1.92 bits per heavy atom. The summed E-state index contributed by atoms with van der Waals surface area (Å²) in [6.07, 6.45) is 0.715. The second-order valence-electron chi connectivity index (χ2n) is 2.18. The van der Waals surface area contributed by atoms with Crippen LogP contribution in [0.3, 0.4) is 0 Å². The maximum absolute atomic E-state index is 9.19. The van der Waals surface area contributed by atoms with Crippen LogP contribution >= 0.6 is 11.6 Å². The number of phenolic OH excluding ortho intramolecular Hbond substituents is 1. The van der Waals surface area contributed by atoms with E-state index in [4.69, 9.17) is 21.3 Å². The first-order chi connectivity index (χ1) is 5.80. The lowest BCUT2D eigenvalue weighted by Crippen LogP contribution is -1.88. The molecule has 0 spiro atoms. The van der Waals surface area contributed by atoms with E-state index in [0.29, 0.717) is 11.3 Å². The standard InChI is InChI=1S/C6H5ClO.CH4O3S/c7-5-3-1-2-4-6(5)8;1-5(2,3)4/h1-4,8H;1H3,(H,2,3,4). The molecule has 1 aromatic rings. The zero-order valence-electron chi connectivity index (χ0n) is 6.81. The third kappa shape index (κ3) is 9.13. The van der Waals surface area contributed by atoms with Crippen LogP contribution in [0.15, 0.2) is 24.3 Å². The first-order valence-corrected chi connectivity index (χ1v) is 5.39. The van der Waals surface area contributed by atoms with E-state index in [2.05, 4.69) is 0 Å². The fourth-order valence-electron chi connectivity index (χ4n) is 0.452. The summed E-state index contributed by atoms with van der Waals surface area (Å²) in [5.41, 5.74) is 0. The molecule has 1 aromatic carbocycles. The largest absolute Gasteiger partial charge is 0.506 e. The minimum Gasteiger partial charge on any atom is -0.506 e. The maximum atomic E-state index is 9.19. The quantitative estimate of drug-likeness (QED) is 0.656. The van der Waals surface area contributed by atoms with E-state index in [1.54, 1.807) is 24.3 Å². The fourth-order valence-corrected chi connectivity index (χ4v) is 0.587. The Balaban J connectivity index is 0.000000252. The molecule has 0 saturated carbocycles. The van der Waals surface area contributed by atoms with E-state index in [1.165, 1.54) is 0 Å². The lowest BCUT2D eigenvalue weighted by molar-refractivity contribution is 0.475. The van der Waals surface area contributed by atoms with Crippen molar-refractivity contribution >= 4 is 21.7 Å². The first-order valence-electron chi connectivity index (χ1n) is 3.16. The Kier molecular flexibility index (Phi) is 4.76. The predicted octanol–water partition coefficient (Wildman–Crippen LogP) is 1.55. The second-order valence-corrected chi connectivity index (χ2v) is 4.06. The molecule has 0 unspecified atom stereocenters. The van der Waals surface area contributed by atoms with Crippen LogP contribution in [-0.4, -0.2) is 24.3 Å². The number of rotatable bonds is 0. The molecule has 4 nitrogen and oxygen atoms in total. The fraction of sp³-hybridized carbons (Fsp3) is 0.143. The third-order valence-electron chi connectivity index (χ3n) is 0.852. The molecule has 0 radical (unpaired) electrons. The molecule has 0 heterocycles. The molecule has 2 N–H and O–H groups in total. The third-order valence-corrected chi connectivity index (χ3v) is 1.17. The van der Waals surface area contributed by atoms with Crippen LogP contribution in [-0.2, 0) is 10.1 Å². The van der Waals surface area contributed by atoms with Crippen molar-refractivity contribution in [3.8, 4) is 5.75 Å². The topological polar surface area (TPSA) is 74.6 Å². The monoisotopic (exact) mass is 224 g/mol. The molecule has 0 atom stereocenters. The van der Waals surface area contributed by atoms with Crippen molar-refractivity contribution in [1.82, 2.24) is 0 Å². The van der Waals surface area contributed by atoms with Gasteiger partial charge in [0.25, 0.3) is 10.1 Å². The molecular weight excluding hydrogens is 216 g/mol. The first kappa shape index (κ1) is 12.2. The lowest BCUT2D eigenvalue weighted by atomic mass is 10.3. The number of hydrogen-bond donors (Lipinski definition) is 2. The van der Waals surface area contributed by atoms with Crippen LogP contribution in [0.2, 0.25) is 5.02 Å². The molecule has 0 aromatic heterocycles. The van der Waals surface area contributed by atoms with Crippen LogP contribution < -0.4 is 0 Å². The van der Waals surface area contributed by atoms with Gasteiger partial charge in [-0.05, 0) is 12.1 Å². The number of para-hydroxylation sites is 1. The highest BCUT2D eigenvalue weighted by Crippen LogP contribution is 2.20. The van der Waals surface area contributed by atoms with Gasteiger partial charge in [-0.25, -0.2) is 0 Å². The zero-order chi connectivity index (χ0) is 10.5. The summed E-state index contributed by atoms with van der Waals surface area (Å²) in [7, 11) is -3.67. The molecule has 74 valence electrons. The summed E-state index contributed by atoms with van der Waals surface area (Å²) >= 11 is 5.46. The van der Waals surface area contributed by atoms with Gasteiger partial charge in [0.1, 0.15) is 5.75 Å². The van der Waals surface area contributed by atoms with Crippen molar-refractivity contribution in [2.24, 2.45) is 0 Å². The summed E-state index contributed by atoms with van der Waals surface area (Å²) in [5, 5.41) is 9.18. The molecule has 0 aliphatic heterocycles. The van der Waals surface area contributed by atoms with E-state index in [1.807, 2.05) is 0 Å². The van der Waals surface area contributed by atoms with Crippen LogP contribution in [0, 0.1) is 0 Å². The van der Waals surface area contributed by atoms with Gasteiger partial charge in [0.2, 0.25) is 0 Å². The van der Waals surface area contributed by atoms with Crippen LogP contribution in [0.1, 0.15) is 0 Å². The number of aromatic hydroxyl groups is 1. The highest BCUT2D eigenvalue weighted by Gasteiger charge is 1.89. The second kappa shape index (κ2) is 5.06. The van der Waals surface area contributed by atoms with Crippen LogP contribution in [0.4, 0.5) is 0 Å². The highest BCUT2D eigenvalue weighted by molar-refractivity contribution is 7.85. The van der Waals surface area contributed by atoms with Gasteiger partial charge in [-0.2, -0.15) is 8.42 Å². The van der Waals surface area contributed by atoms with E-state index < -0.39 is 10.1 Å². The maximum Gasteiger partial charge on any atom is 0.261 e. The molecule has 0 amide bonds. The number of halogens is 1. The number of benzene rings is 1. The van der Waals surface area contributed by atoms with E-state index in [-0.39, 0.29) is 5.75 Å². The van der Waals surface area contributed by atoms with Gasteiger partial charge in [-0.1, -0.05) is 23.7 Å².